The first-order valence-electron chi connectivity index (χ1n) is 4.94. The van der Waals surface area contributed by atoms with Gasteiger partial charge in [-0.3, -0.25) is 4.79 Å². The summed E-state index contributed by atoms with van der Waals surface area (Å²) in [7, 11) is 0. The van der Waals surface area contributed by atoms with Crippen molar-refractivity contribution in [1.82, 2.24) is 4.98 Å². The lowest BCUT2D eigenvalue weighted by molar-refractivity contribution is 1.05. The smallest absolute Gasteiger partial charge is 0.189 e. The molecule has 3 heteroatoms. The first-order chi connectivity index (χ1) is 7.13. The average Bonchev–Trinajstić information content (AvgIpc) is 2.23. The van der Waals surface area contributed by atoms with E-state index < -0.39 is 0 Å². The van der Waals surface area contributed by atoms with E-state index in [1.165, 1.54) is 0 Å². The molecule has 0 radical (unpaired) electrons. The zero-order chi connectivity index (χ0) is 11.0. The molecule has 15 heavy (non-hydrogen) atoms. The second kappa shape index (κ2) is 3.70. The number of pyridine rings is 1. The lowest BCUT2D eigenvalue weighted by Crippen LogP contribution is -2.05. The molecule has 0 atom stereocenters. The normalized spacial score (nSPS) is 10.9. The van der Waals surface area contributed by atoms with Gasteiger partial charge < -0.3 is 4.98 Å². The summed E-state index contributed by atoms with van der Waals surface area (Å²) in [6.07, 6.45) is 0.817. The van der Waals surface area contributed by atoms with Gasteiger partial charge in [-0.2, -0.15) is 0 Å². The van der Waals surface area contributed by atoms with Crippen molar-refractivity contribution >= 4 is 22.5 Å². The maximum absolute atomic E-state index is 11.8. The summed E-state index contributed by atoms with van der Waals surface area (Å²) in [5, 5.41) is 1.39. The summed E-state index contributed by atoms with van der Waals surface area (Å²) in [5.74, 6) is 0. The molecule has 0 saturated carbocycles. The molecule has 2 rings (SSSR count). The summed E-state index contributed by atoms with van der Waals surface area (Å²) in [4.78, 5) is 15.0. The summed E-state index contributed by atoms with van der Waals surface area (Å²) in [6, 6.07) is 5.18. The third-order valence-corrected chi connectivity index (χ3v) is 3.05. The number of aryl methyl sites for hydroxylation is 2. The fourth-order valence-electron chi connectivity index (χ4n) is 1.68. The molecule has 0 aliphatic carbocycles. The summed E-state index contributed by atoms with van der Waals surface area (Å²) in [5.41, 5.74) is 2.78. The van der Waals surface area contributed by atoms with Gasteiger partial charge in [-0.15, -0.1) is 0 Å². The Balaban J connectivity index is 2.93. The predicted octanol–water partition coefficient (Wildman–Crippen LogP) is 3.05. The molecule has 2 aromatic rings. The van der Waals surface area contributed by atoms with Crippen LogP contribution in [0.25, 0.3) is 10.9 Å². The first kappa shape index (κ1) is 10.2. The number of benzene rings is 1. The Morgan fingerprint density at radius 3 is 2.80 bits per heavy atom. The molecular weight excluding hydrogens is 210 g/mol. The van der Waals surface area contributed by atoms with Gasteiger partial charge >= 0.3 is 0 Å². The van der Waals surface area contributed by atoms with E-state index >= 15 is 0 Å². The monoisotopic (exact) mass is 221 g/mol. The maximum Gasteiger partial charge on any atom is 0.189 e. The number of halogens is 1. The highest BCUT2D eigenvalue weighted by Gasteiger charge is 2.05. The fraction of sp³-hybridized carbons (Fsp3) is 0.250. The SMILES string of the molecule is CCc1cc(=O)c2ccc(Cl)c(C)c2[nH]1. The molecule has 1 N–H and O–H groups in total. The minimum absolute atomic E-state index is 0.0559. The highest BCUT2D eigenvalue weighted by Crippen LogP contribution is 2.21. The molecule has 1 heterocycles. The topological polar surface area (TPSA) is 32.9 Å². The zero-order valence-corrected chi connectivity index (χ0v) is 9.48. The molecule has 0 saturated heterocycles. The van der Waals surface area contributed by atoms with Gasteiger partial charge in [0.25, 0.3) is 0 Å². The van der Waals surface area contributed by atoms with Crippen LogP contribution in [0.2, 0.25) is 5.02 Å². The third kappa shape index (κ3) is 1.65. The van der Waals surface area contributed by atoms with E-state index in [0.717, 1.165) is 23.2 Å². The largest absolute Gasteiger partial charge is 0.358 e. The maximum atomic E-state index is 11.8. The van der Waals surface area contributed by atoms with Crippen LogP contribution in [0.15, 0.2) is 23.0 Å². The molecule has 0 aliphatic rings. The summed E-state index contributed by atoms with van der Waals surface area (Å²) < 4.78 is 0. The Bertz CT molecular complexity index is 572. The van der Waals surface area contributed by atoms with Gasteiger partial charge in [0, 0.05) is 22.2 Å². The van der Waals surface area contributed by atoms with Crippen molar-refractivity contribution in [3.63, 3.8) is 0 Å². The van der Waals surface area contributed by atoms with Crippen LogP contribution in [-0.2, 0) is 6.42 Å². The van der Waals surface area contributed by atoms with Gasteiger partial charge in [0.15, 0.2) is 5.43 Å². The van der Waals surface area contributed by atoms with Gasteiger partial charge in [0.1, 0.15) is 0 Å². The lowest BCUT2D eigenvalue weighted by Gasteiger charge is -2.06. The quantitative estimate of drug-likeness (QED) is 0.789. The second-order valence-electron chi connectivity index (χ2n) is 3.61. The molecule has 0 amide bonds. The molecule has 2 nitrogen and oxygen atoms in total. The van der Waals surface area contributed by atoms with E-state index in [9.17, 15) is 4.79 Å². The number of nitrogens with one attached hydrogen (secondary N) is 1. The van der Waals surface area contributed by atoms with Crippen molar-refractivity contribution in [3.8, 4) is 0 Å². The summed E-state index contributed by atoms with van der Waals surface area (Å²) in [6.45, 7) is 3.93. The molecule has 1 aromatic carbocycles. The molecule has 0 unspecified atom stereocenters. The highest BCUT2D eigenvalue weighted by molar-refractivity contribution is 6.32. The minimum atomic E-state index is 0.0559. The van der Waals surface area contributed by atoms with E-state index in [1.54, 1.807) is 18.2 Å². The van der Waals surface area contributed by atoms with Crippen LogP contribution in [0.4, 0.5) is 0 Å². The predicted molar refractivity (Wildman–Crippen MR) is 63.7 cm³/mol. The van der Waals surface area contributed by atoms with Crippen LogP contribution in [0.1, 0.15) is 18.2 Å². The van der Waals surface area contributed by atoms with Crippen molar-refractivity contribution in [2.45, 2.75) is 20.3 Å². The van der Waals surface area contributed by atoms with Gasteiger partial charge in [0.05, 0.1) is 5.52 Å². The van der Waals surface area contributed by atoms with Crippen molar-refractivity contribution in [3.05, 3.63) is 44.7 Å². The Labute approximate surface area is 92.9 Å². The second-order valence-corrected chi connectivity index (χ2v) is 4.01. The van der Waals surface area contributed by atoms with E-state index in [-0.39, 0.29) is 5.43 Å². The Kier molecular flexibility index (Phi) is 2.53. The average molecular weight is 222 g/mol. The van der Waals surface area contributed by atoms with Crippen LogP contribution >= 0.6 is 11.6 Å². The van der Waals surface area contributed by atoms with Gasteiger partial charge in [-0.1, -0.05) is 18.5 Å². The molecule has 0 aliphatic heterocycles. The van der Waals surface area contributed by atoms with Crippen LogP contribution in [0, 0.1) is 6.92 Å². The molecule has 78 valence electrons. The van der Waals surface area contributed by atoms with E-state index in [1.807, 2.05) is 13.8 Å². The van der Waals surface area contributed by atoms with E-state index in [4.69, 9.17) is 11.6 Å². The van der Waals surface area contributed by atoms with Crippen LogP contribution in [0.3, 0.4) is 0 Å². The number of fused-ring (bicyclic) bond motifs is 1. The van der Waals surface area contributed by atoms with Crippen LogP contribution < -0.4 is 5.43 Å². The van der Waals surface area contributed by atoms with Gasteiger partial charge in [-0.25, -0.2) is 0 Å². The number of aromatic nitrogens is 1. The molecule has 0 bridgehead atoms. The lowest BCUT2D eigenvalue weighted by atomic mass is 10.1. The van der Waals surface area contributed by atoms with Crippen molar-refractivity contribution in [1.29, 1.82) is 0 Å². The minimum Gasteiger partial charge on any atom is -0.358 e. The fourth-order valence-corrected chi connectivity index (χ4v) is 1.83. The molecular formula is C12H12ClNO. The Morgan fingerprint density at radius 2 is 2.13 bits per heavy atom. The summed E-state index contributed by atoms with van der Waals surface area (Å²) >= 11 is 6.01. The Hall–Kier alpha value is -1.28. The van der Waals surface area contributed by atoms with E-state index in [0.29, 0.717) is 10.4 Å². The van der Waals surface area contributed by atoms with Gasteiger partial charge in [-0.05, 0) is 31.0 Å². The van der Waals surface area contributed by atoms with Crippen LogP contribution in [0.5, 0.6) is 0 Å². The third-order valence-electron chi connectivity index (χ3n) is 2.64. The van der Waals surface area contributed by atoms with Gasteiger partial charge in [0.2, 0.25) is 0 Å². The highest BCUT2D eigenvalue weighted by atomic mass is 35.5. The van der Waals surface area contributed by atoms with E-state index in [2.05, 4.69) is 4.98 Å². The molecule has 1 aromatic heterocycles. The number of rotatable bonds is 1. The number of hydrogen-bond donors (Lipinski definition) is 1. The Morgan fingerprint density at radius 1 is 1.40 bits per heavy atom. The first-order valence-corrected chi connectivity index (χ1v) is 5.32. The molecule has 0 spiro atoms. The van der Waals surface area contributed by atoms with Crippen molar-refractivity contribution in [2.75, 3.05) is 0 Å². The number of hydrogen-bond acceptors (Lipinski definition) is 1. The molecule has 0 fully saturated rings. The number of aromatic amines is 1. The number of H-pyrrole nitrogens is 1. The standard InChI is InChI=1S/C12H12ClNO/c1-3-8-6-11(15)9-4-5-10(13)7(2)12(9)14-8/h4-6H,3H2,1-2H3,(H,14,15). The van der Waals surface area contributed by atoms with Crippen molar-refractivity contribution < 1.29 is 0 Å². The van der Waals surface area contributed by atoms with Crippen molar-refractivity contribution in [2.24, 2.45) is 0 Å². The zero-order valence-electron chi connectivity index (χ0n) is 8.73. The van der Waals surface area contributed by atoms with Crippen LogP contribution in [-0.4, -0.2) is 4.98 Å².